The molecule has 235 valence electrons. The maximum atomic E-state index is 10.6. The van der Waals surface area contributed by atoms with Gasteiger partial charge in [0.1, 0.15) is 18.2 Å². The molecule has 0 unspecified atom stereocenters. The molecule has 2 rings (SSSR count). The summed E-state index contributed by atoms with van der Waals surface area (Å²) < 4.78 is 0. The van der Waals surface area contributed by atoms with Crippen LogP contribution in [0.4, 0.5) is 0 Å². The van der Waals surface area contributed by atoms with E-state index in [1.165, 1.54) is 11.1 Å². The molecular formula is C33H48CoN2O6. The summed E-state index contributed by atoms with van der Waals surface area (Å²) in [6.07, 6.45) is 9.22. The Bertz CT molecular complexity index is 1060. The first-order chi connectivity index (χ1) is 19.2. The van der Waals surface area contributed by atoms with Crippen molar-refractivity contribution in [3.63, 3.8) is 0 Å². The number of carboxylic acid groups (broad SMARTS) is 2. The van der Waals surface area contributed by atoms with Gasteiger partial charge in [0, 0.05) is 35.5 Å². The van der Waals surface area contributed by atoms with Crippen molar-refractivity contribution in [3.05, 3.63) is 57.6 Å². The fourth-order valence-electron chi connectivity index (χ4n) is 3.84. The quantitative estimate of drug-likeness (QED) is 0.334. The van der Waals surface area contributed by atoms with Crippen LogP contribution in [0, 0.1) is 11.8 Å². The Morgan fingerprint density at radius 1 is 0.738 bits per heavy atom. The third-order valence-corrected chi connectivity index (χ3v) is 5.96. The Balaban J connectivity index is 0. The van der Waals surface area contributed by atoms with E-state index in [1.807, 2.05) is 12.1 Å². The van der Waals surface area contributed by atoms with Crippen LogP contribution in [0.3, 0.4) is 0 Å². The zero-order chi connectivity index (χ0) is 31.5. The molecule has 0 aliphatic heterocycles. The van der Waals surface area contributed by atoms with Gasteiger partial charge in [-0.05, 0) is 98.6 Å². The van der Waals surface area contributed by atoms with Crippen molar-refractivity contribution in [1.82, 2.24) is 0 Å². The van der Waals surface area contributed by atoms with E-state index in [4.69, 9.17) is 19.8 Å². The SMILES string of the molecule is CC(=O)[O-].CC(=O)[O-].CCc1cc(CCC(C)C)cc(C=NCN=Cc2cc(CCC(C)C)cc(CC)c2O)c1O.[Co+2]. The second-order valence-electron chi connectivity index (χ2n) is 10.7. The Morgan fingerprint density at radius 3 is 1.31 bits per heavy atom. The van der Waals surface area contributed by atoms with Gasteiger partial charge in [0.2, 0.25) is 0 Å². The minimum Gasteiger partial charge on any atom is -0.550 e. The second kappa shape index (κ2) is 22.4. The summed E-state index contributed by atoms with van der Waals surface area (Å²) in [6, 6.07) is 8.27. The van der Waals surface area contributed by atoms with Crippen molar-refractivity contribution in [2.75, 3.05) is 6.67 Å². The van der Waals surface area contributed by atoms with E-state index in [1.54, 1.807) is 12.4 Å². The number of phenols is 2. The Morgan fingerprint density at radius 2 is 1.05 bits per heavy atom. The van der Waals surface area contributed by atoms with Crippen molar-refractivity contribution in [3.8, 4) is 11.5 Å². The van der Waals surface area contributed by atoms with Gasteiger partial charge >= 0.3 is 16.8 Å². The molecule has 0 saturated carbocycles. The molecule has 42 heavy (non-hydrogen) atoms. The van der Waals surface area contributed by atoms with Gasteiger partial charge in [-0.15, -0.1) is 0 Å². The molecule has 0 aliphatic rings. The van der Waals surface area contributed by atoms with Gasteiger partial charge in [0.15, 0.2) is 0 Å². The molecule has 0 spiro atoms. The van der Waals surface area contributed by atoms with E-state index in [0.717, 1.165) is 74.6 Å². The average Bonchev–Trinajstić information content (AvgIpc) is 2.87. The number of phenolic OH excluding ortho intramolecular Hbond substituents is 2. The second-order valence-corrected chi connectivity index (χ2v) is 10.7. The van der Waals surface area contributed by atoms with Crippen LogP contribution in [0.15, 0.2) is 34.3 Å². The molecule has 2 aromatic rings. The molecule has 2 aromatic carbocycles. The van der Waals surface area contributed by atoms with E-state index in [2.05, 4.69) is 63.7 Å². The molecule has 8 nitrogen and oxygen atoms in total. The predicted molar refractivity (Wildman–Crippen MR) is 163 cm³/mol. The first-order valence-corrected chi connectivity index (χ1v) is 14.3. The van der Waals surface area contributed by atoms with Gasteiger partial charge < -0.3 is 30.0 Å². The van der Waals surface area contributed by atoms with Crippen LogP contribution in [-0.4, -0.2) is 41.2 Å². The molecule has 0 aliphatic carbocycles. The van der Waals surface area contributed by atoms with Crippen LogP contribution in [0.2, 0.25) is 0 Å². The van der Waals surface area contributed by atoms with Crippen molar-refractivity contribution in [2.45, 2.75) is 93.9 Å². The van der Waals surface area contributed by atoms with Crippen molar-refractivity contribution >= 4 is 24.4 Å². The topological polar surface area (TPSA) is 145 Å². The third-order valence-electron chi connectivity index (χ3n) is 5.96. The number of rotatable bonds is 12. The Hall–Kier alpha value is -3.17. The van der Waals surface area contributed by atoms with Crippen molar-refractivity contribution in [2.24, 2.45) is 21.8 Å². The molecule has 9 heteroatoms. The van der Waals surface area contributed by atoms with Crippen LogP contribution in [0.5, 0.6) is 11.5 Å². The van der Waals surface area contributed by atoms with Crippen LogP contribution in [0.25, 0.3) is 0 Å². The minimum absolute atomic E-state index is 0. The van der Waals surface area contributed by atoms with Crippen molar-refractivity contribution < 1.29 is 46.8 Å². The van der Waals surface area contributed by atoms with Gasteiger partial charge in [-0.3, -0.25) is 9.98 Å². The summed E-state index contributed by atoms with van der Waals surface area (Å²) in [4.78, 5) is 26.6. The third kappa shape index (κ3) is 18.3. The van der Waals surface area contributed by atoms with Gasteiger partial charge in [0.25, 0.3) is 0 Å². The number of aromatic hydroxyl groups is 2. The molecule has 0 bridgehead atoms. The molecule has 2 N–H and O–H groups in total. The molecule has 0 heterocycles. The van der Waals surface area contributed by atoms with Gasteiger partial charge in [0.05, 0.1) is 0 Å². The molecule has 0 atom stereocenters. The van der Waals surface area contributed by atoms with E-state index < -0.39 is 11.9 Å². The number of aryl methyl sites for hydroxylation is 4. The number of benzene rings is 2. The maximum Gasteiger partial charge on any atom is 2.00 e. The van der Waals surface area contributed by atoms with Crippen LogP contribution >= 0.6 is 0 Å². The van der Waals surface area contributed by atoms with Crippen molar-refractivity contribution in [1.29, 1.82) is 0 Å². The number of aliphatic carboxylic acids is 2. The number of aliphatic imine (C=N–C) groups is 2. The number of hydrogen-bond acceptors (Lipinski definition) is 8. The molecular weight excluding hydrogens is 579 g/mol. The maximum absolute atomic E-state index is 10.6. The van der Waals surface area contributed by atoms with Gasteiger partial charge in [-0.1, -0.05) is 53.7 Å². The number of nitrogens with zero attached hydrogens (tertiary/aromatic N) is 2. The van der Waals surface area contributed by atoms with Crippen LogP contribution in [-0.2, 0) is 52.1 Å². The summed E-state index contributed by atoms with van der Waals surface area (Å²) in [5.74, 6) is -0.268. The number of carbonyl (C=O) groups excluding carboxylic acids is 2. The number of hydrogen-bond donors (Lipinski definition) is 2. The molecule has 0 fully saturated rings. The van der Waals surface area contributed by atoms with E-state index in [0.29, 0.717) is 23.3 Å². The average molecular weight is 628 g/mol. The summed E-state index contributed by atoms with van der Waals surface area (Å²) in [5, 5.41) is 38.9. The van der Waals surface area contributed by atoms with Crippen LogP contribution < -0.4 is 10.2 Å². The standard InChI is InChI=1S/C29H42N2O2.2C2H4O2.Co/c1-7-24-13-22(11-9-20(3)4)15-26(28(24)32)17-30-19-31-18-27-16-23(12-10-21(5)6)14-25(8-2)29(27)33;2*1-2(3)4;/h13-18,20-21,32-33H,7-12,19H2,1-6H3;2*1H3,(H,3,4);/q;;;+2/p-2. The summed E-state index contributed by atoms with van der Waals surface area (Å²) in [5.41, 5.74) is 5.87. The van der Waals surface area contributed by atoms with E-state index in [-0.39, 0.29) is 23.4 Å². The first kappa shape index (κ1) is 41.0. The molecule has 0 aromatic heterocycles. The van der Waals surface area contributed by atoms with Gasteiger partial charge in [-0.25, -0.2) is 0 Å². The first-order valence-electron chi connectivity index (χ1n) is 14.3. The minimum atomic E-state index is -1.08. The largest absolute Gasteiger partial charge is 2.00 e. The smallest absolute Gasteiger partial charge is 0.550 e. The van der Waals surface area contributed by atoms with E-state index in [9.17, 15) is 10.2 Å². The Labute approximate surface area is 262 Å². The number of carboxylic acids is 2. The molecule has 0 amide bonds. The van der Waals surface area contributed by atoms with Crippen LogP contribution in [0.1, 0.15) is 102 Å². The Kier molecular flexibility index (Phi) is 21.9. The summed E-state index contributed by atoms with van der Waals surface area (Å²) >= 11 is 0. The predicted octanol–water partition coefficient (Wildman–Crippen LogP) is 4.41. The molecule has 0 saturated heterocycles. The van der Waals surface area contributed by atoms with Gasteiger partial charge in [-0.2, -0.15) is 0 Å². The normalized spacial score (nSPS) is 10.7. The number of carbonyl (C=O) groups is 2. The summed E-state index contributed by atoms with van der Waals surface area (Å²) in [6.45, 7) is 15.2. The van der Waals surface area contributed by atoms with E-state index >= 15 is 0 Å². The molecule has 1 radical (unpaired) electrons. The summed E-state index contributed by atoms with van der Waals surface area (Å²) in [7, 11) is 0. The monoisotopic (exact) mass is 627 g/mol. The fraction of sp³-hybridized carbons (Fsp3) is 0.515. The zero-order valence-corrected chi connectivity index (χ0v) is 27.4. The fourth-order valence-corrected chi connectivity index (χ4v) is 3.84. The zero-order valence-electron chi connectivity index (χ0n) is 26.3.